The van der Waals surface area contributed by atoms with E-state index in [0.29, 0.717) is 29.9 Å². The fraction of sp³-hybridized carbons (Fsp3) is 0.586. The van der Waals surface area contributed by atoms with Gasteiger partial charge in [0.2, 0.25) is 0 Å². The van der Waals surface area contributed by atoms with Crippen LogP contribution in [-0.2, 0) is 23.1 Å². The minimum Gasteiger partial charge on any atom is -0.508 e. The average Bonchev–Trinajstić information content (AvgIpc) is 3.53. The van der Waals surface area contributed by atoms with E-state index in [9.17, 15) is 5.11 Å². The molecule has 1 N–H and O–H groups in total. The van der Waals surface area contributed by atoms with E-state index in [1.807, 2.05) is 6.07 Å². The lowest BCUT2D eigenvalue weighted by Crippen LogP contribution is -2.74. The van der Waals surface area contributed by atoms with E-state index in [1.165, 1.54) is 55.5 Å². The van der Waals surface area contributed by atoms with Crippen LogP contribution in [0.4, 0.5) is 0 Å². The molecule has 8 rings (SSSR count). The molecule has 3 heterocycles. The van der Waals surface area contributed by atoms with Crippen molar-refractivity contribution in [2.75, 3.05) is 19.6 Å². The zero-order chi connectivity index (χ0) is 21.8. The second-order valence-electron chi connectivity index (χ2n) is 11.8. The minimum absolute atomic E-state index is 0.0586. The van der Waals surface area contributed by atoms with Crippen molar-refractivity contribution in [3.8, 4) is 5.75 Å². The lowest BCUT2D eigenvalue weighted by atomic mass is 9.46. The van der Waals surface area contributed by atoms with Crippen molar-refractivity contribution in [2.24, 2.45) is 11.8 Å². The highest BCUT2D eigenvalue weighted by Gasteiger charge is 2.77. The van der Waals surface area contributed by atoms with Crippen LogP contribution < -0.4 is 0 Å². The maximum atomic E-state index is 10.6. The van der Waals surface area contributed by atoms with Crippen molar-refractivity contribution in [1.82, 2.24) is 9.80 Å². The first-order valence-electron chi connectivity index (χ1n) is 13.2. The van der Waals surface area contributed by atoms with Crippen LogP contribution in [0.25, 0.3) is 0 Å². The van der Waals surface area contributed by atoms with Crippen molar-refractivity contribution >= 4 is 0 Å². The molecule has 4 nitrogen and oxygen atoms in total. The van der Waals surface area contributed by atoms with Crippen LogP contribution in [0.1, 0.15) is 48.8 Å². The summed E-state index contributed by atoms with van der Waals surface area (Å²) >= 11 is 0. The van der Waals surface area contributed by atoms with Crippen LogP contribution in [0.5, 0.6) is 5.75 Å². The summed E-state index contributed by atoms with van der Waals surface area (Å²) in [6.07, 6.45) is 7.82. The van der Waals surface area contributed by atoms with Gasteiger partial charge in [-0.05, 0) is 79.8 Å². The predicted molar refractivity (Wildman–Crippen MR) is 127 cm³/mol. The highest BCUT2D eigenvalue weighted by atomic mass is 16.5. The first-order chi connectivity index (χ1) is 16.2. The molecule has 172 valence electrons. The molecule has 2 saturated carbocycles. The second-order valence-corrected chi connectivity index (χ2v) is 11.8. The minimum atomic E-state index is -0.0639. The molecule has 0 amide bonds. The van der Waals surface area contributed by atoms with Crippen LogP contribution in [0.2, 0.25) is 0 Å². The van der Waals surface area contributed by atoms with Gasteiger partial charge in [0.05, 0.1) is 11.7 Å². The number of aromatic hydroxyl groups is 1. The first-order valence-corrected chi connectivity index (χ1v) is 13.2. The molecule has 6 aliphatic rings. The largest absolute Gasteiger partial charge is 0.508 e. The number of hydrogen-bond acceptors (Lipinski definition) is 4. The lowest BCUT2D eigenvalue weighted by Gasteiger charge is -2.65. The van der Waals surface area contributed by atoms with E-state index in [0.717, 1.165) is 31.8 Å². The third kappa shape index (κ3) is 2.47. The van der Waals surface area contributed by atoms with E-state index in [2.05, 4.69) is 52.3 Å². The highest BCUT2D eigenvalue weighted by molar-refractivity contribution is 5.51. The van der Waals surface area contributed by atoms with Gasteiger partial charge in [-0.3, -0.25) is 9.80 Å². The van der Waals surface area contributed by atoms with Gasteiger partial charge in [0.1, 0.15) is 5.75 Å². The zero-order valence-corrected chi connectivity index (χ0v) is 19.3. The molecule has 0 aromatic heterocycles. The zero-order valence-electron chi connectivity index (χ0n) is 19.3. The number of nitrogens with zero attached hydrogens (tertiary/aromatic N) is 2. The number of ether oxygens (including phenoxy) is 1. The molecule has 0 radical (unpaired) electrons. The van der Waals surface area contributed by atoms with E-state index in [4.69, 9.17) is 4.74 Å². The molecular weight excluding hydrogens is 408 g/mol. The number of fused-ring (bicyclic) bond motifs is 1. The Balaban J connectivity index is 1.24. The normalized spacial score (nSPS) is 41.1. The summed E-state index contributed by atoms with van der Waals surface area (Å²) in [5.41, 5.74) is 4.31. The molecule has 4 heteroatoms. The van der Waals surface area contributed by atoms with Crippen LogP contribution in [-0.4, -0.2) is 58.3 Å². The van der Waals surface area contributed by atoms with Gasteiger partial charge < -0.3 is 9.84 Å². The third-order valence-electron chi connectivity index (χ3n) is 10.4. The van der Waals surface area contributed by atoms with Crippen molar-refractivity contribution in [1.29, 1.82) is 0 Å². The number of phenols is 1. The molecule has 5 fully saturated rings. The molecule has 6 atom stereocenters. The average molecular weight is 443 g/mol. The fourth-order valence-electron chi connectivity index (χ4n) is 9.12. The lowest BCUT2D eigenvalue weighted by molar-refractivity contribution is -0.173. The summed E-state index contributed by atoms with van der Waals surface area (Å²) in [5, 5.41) is 10.6. The standard InChI is InChI=1S/C29H34N2O2/c32-22-9-8-21-14-26-29-11-10-24-27(25(33-29)18-31(24)17-19-4-2-1-3-5-19)28(29,23(21)15-22)12-13-30(26)16-20-6-7-20/h1-5,8-9,15,20,24-27,32H,6-7,10-14,16-18H2/t24-,25-,26-,27+,28+,29-/m1/s1. The molecule has 3 saturated heterocycles. The summed E-state index contributed by atoms with van der Waals surface area (Å²) in [6.45, 7) is 4.53. The predicted octanol–water partition coefficient (Wildman–Crippen LogP) is 4.10. The molecule has 3 aliphatic carbocycles. The Labute approximate surface area is 196 Å². The molecule has 2 aromatic rings. The molecular formula is C29H34N2O2. The Bertz CT molecular complexity index is 1100. The van der Waals surface area contributed by atoms with E-state index in [-0.39, 0.29) is 11.0 Å². The van der Waals surface area contributed by atoms with Crippen LogP contribution in [0, 0.1) is 11.8 Å². The molecule has 33 heavy (non-hydrogen) atoms. The molecule has 0 unspecified atom stereocenters. The van der Waals surface area contributed by atoms with E-state index < -0.39 is 0 Å². The van der Waals surface area contributed by atoms with Crippen LogP contribution >= 0.6 is 0 Å². The number of rotatable bonds is 4. The Morgan fingerprint density at radius 3 is 2.73 bits per heavy atom. The summed E-state index contributed by atoms with van der Waals surface area (Å²) in [5.74, 6) is 1.88. The Morgan fingerprint density at radius 2 is 1.88 bits per heavy atom. The fourth-order valence-corrected chi connectivity index (χ4v) is 9.12. The maximum absolute atomic E-state index is 10.6. The Hall–Kier alpha value is -1.88. The first kappa shape index (κ1) is 19.4. The summed E-state index contributed by atoms with van der Waals surface area (Å²) in [7, 11) is 0. The molecule has 0 spiro atoms. The second kappa shape index (κ2) is 6.62. The third-order valence-corrected chi connectivity index (χ3v) is 10.4. The van der Waals surface area contributed by atoms with Crippen molar-refractivity contribution in [2.45, 2.75) is 74.3 Å². The van der Waals surface area contributed by atoms with Crippen LogP contribution in [0.3, 0.4) is 0 Å². The van der Waals surface area contributed by atoms with Gasteiger partial charge in [0, 0.05) is 43.1 Å². The number of benzene rings is 2. The summed E-state index contributed by atoms with van der Waals surface area (Å²) < 4.78 is 7.36. The Morgan fingerprint density at radius 1 is 1.00 bits per heavy atom. The number of likely N-dealkylation sites (tertiary alicyclic amines) is 2. The monoisotopic (exact) mass is 442 g/mol. The topological polar surface area (TPSA) is 35.9 Å². The highest BCUT2D eigenvalue weighted by Crippen LogP contribution is 2.69. The van der Waals surface area contributed by atoms with Gasteiger partial charge in [0.15, 0.2) is 0 Å². The summed E-state index contributed by atoms with van der Waals surface area (Å²) in [6, 6.07) is 18.3. The van der Waals surface area contributed by atoms with Crippen molar-refractivity contribution in [3.63, 3.8) is 0 Å². The molecule has 3 aliphatic heterocycles. The van der Waals surface area contributed by atoms with Gasteiger partial charge >= 0.3 is 0 Å². The Kier molecular flexibility index (Phi) is 3.90. The molecule has 4 bridgehead atoms. The van der Waals surface area contributed by atoms with Crippen molar-refractivity contribution < 1.29 is 9.84 Å². The smallest absolute Gasteiger partial charge is 0.115 e. The van der Waals surface area contributed by atoms with Gasteiger partial charge in [-0.1, -0.05) is 36.4 Å². The maximum Gasteiger partial charge on any atom is 0.115 e. The number of hydrogen-bond donors (Lipinski definition) is 1. The van der Waals surface area contributed by atoms with Gasteiger partial charge in [-0.25, -0.2) is 0 Å². The molecule has 2 aromatic carbocycles. The van der Waals surface area contributed by atoms with Gasteiger partial charge in [-0.15, -0.1) is 0 Å². The summed E-state index contributed by atoms with van der Waals surface area (Å²) in [4.78, 5) is 5.56. The van der Waals surface area contributed by atoms with Crippen molar-refractivity contribution in [3.05, 3.63) is 65.2 Å². The quantitative estimate of drug-likeness (QED) is 0.773. The SMILES string of the molecule is Oc1ccc2c(c1)[C@]13CCN(CC4CC4)[C@H](C2)[C@]12CC[C@@H]1[C@H]3[C@@H](CN1Cc1ccccc1)O2. The number of piperidine rings is 1. The van der Waals surface area contributed by atoms with Gasteiger partial charge in [-0.2, -0.15) is 0 Å². The van der Waals surface area contributed by atoms with E-state index >= 15 is 0 Å². The van der Waals surface area contributed by atoms with Gasteiger partial charge in [0.25, 0.3) is 0 Å². The van der Waals surface area contributed by atoms with E-state index in [1.54, 1.807) is 0 Å². The van der Waals surface area contributed by atoms with Crippen LogP contribution in [0.15, 0.2) is 48.5 Å². The number of phenolic OH excluding ortho intramolecular Hbond substituents is 1.